The first-order valence-electron chi connectivity index (χ1n) is 7.78. The summed E-state index contributed by atoms with van der Waals surface area (Å²) in [6.45, 7) is 1.89. The molecule has 1 atom stereocenters. The monoisotopic (exact) mass is 321 g/mol. The van der Waals surface area contributed by atoms with E-state index in [0.29, 0.717) is 17.1 Å². The summed E-state index contributed by atoms with van der Waals surface area (Å²) in [5, 5.41) is 3.55. The van der Waals surface area contributed by atoms with Crippen LogP contribution in [0.3, 0.4) is 0 Å². The lowest BCUT2D eigenvalue weighted by atomic mass is 10.2. The van der Waals surface area contributed by atoms with Crippen LogP contribution in [0.4, 0.5) is 10.5 Å². The van der Waals surface area contributed by atoms with Crippen LogP contribution >= 0.6 is 11.6 Å². The van der Waals surface area contributed by atoms with E-state index in [0.717, 1.165) is 25.9 Å². The highest BCUT2D eigenvalue weighted by molar-refractivity contribution is 6.30. The van der Waals surface area contributed by atoms with Gasteiger partial charge in [0.05, 0.1) is 18.3 Å². The minimum Gasteiger partial charge on any atom is -0.321 e. The van der Waals surface area contributed by atoms with Crippen LogP contribution < -0.4 is 10.2 Å². The Morgan fingerprint density at radius 2 is 1.64 bits per heavy atom. The average Bonchev–Trinajstić information content (AvgIpc) is 2.77. The Balaban J connectivity index is 1.72. The Labute approximate surface area is 135 Å². The molecule has 0 saturated carbocycles. The molecule has 3 amide bonds. The maximum atomic E-state index is 12.4. The number of hydrogen-bond acceptors (Lipinski definition) is 3. The van der Waals surface area contributed by atoms with Gasteiger partial charge >= 0.3 is 6.03 Å². The van der Waals surface area contributed by atoms with Crippen LogP contribution in [0.5, 0.6) is 0 Å². The second kappa shape index (κ2) is 6.67. The van der Waals surface area contributed by atoms with Crippen molar-refractivity contribution < 1.29 is 9.59 Å². The number of amides is 3. The molecule has 22 heavy (non-hydrogen) atoms. The molecule has 3 rings (SSSR count). The van der Waals surface area contributed by atoms with E-state index in [4.69, 9.17) is 11.6 Å². The lowest BCUT2D eigenvalue weighted by molar-refractivity contribution is -0.120. The standard InChI is InChI=1S/C16H20ClN3O2/c17-12-5-7-13(8-6-12)20-15(21)11-14(18-16(20)22)19-9-3-1-2-4-10-19/h5-8,14H,1-4,9-11H2,(H,18,22). The summed E-state index contributed by atoms with van der Waals surface area (Å²) >= 11 is 5.85. The molecule has 0 aliphatic carbocycles. The molecule has 118 valence electrons. The SMILES string of the molecule is O=C1CC(N2CCCCCC2)NC(=O)N1c1ccc(Cl)cc1. The predicted molar refractivity (Wildman–Crippen MR) is 85.9 cm³/mol. The van der Waals surface area contributed by atoms with Gasteiger partial charge in [0.2, 0.25) is 5.91 Å². The van der Waals surface area contributed by atoms with Gasteiger partial charge in [-0.25, -0.2) is 9.69 Å². The van der Waals surface area contributed by atoms with E-state index in [-0.39, 0.29) is 18.1 Å². The predicted octanol–water partition coefficient (Wildman–Crippen LogP) is 2.99. The van der Waals surface area contributed by atoms with Crippen LogP contribution in [0.15, 0.2) is 24.3 Å². The van der Waals surface area contributed by atoms with Crippen LogP contribution in [-0.2, 0) is 4.79 Å². The highest BCUT2D eigenvalue weighted by atomic mass is 35.5. The number of halogens is 1. The van der Waals surface area contributed by atoms with E-state index in [1.54, 1.807) is 24.3 Å². The zero-order valence-corrected chi connectivity index (χ0v) is 13.2. The highest BCUT2D eigenvalue weighted by Crippen LogP contribution is 2.23. The molecule has 2 aliphatic rings. The molecule has 2 aliphatic heterocycles. The summed E-state index contributed by atoms with van der Waals surface area (Å²) in [4.78, 5) is 28.2. The first-order valence-corrected chi connectivity index (χ1v) is 8.16. The molecule has 0 spiro atoms. The Bertz CT molecular complexity index is 535. The minimum absolute atomic E-state index is 0.166. The van der Waals surface area contributed by atoms with Crippen molar-refractivity contribution in [1.82, 2.24) is 10.2 Å². The molecule has 1 unspecified atom stereocenters. The molecule has 0 radical (unpaired) electrons. The molecule has 1 N–H and O–H groups in total. The fourth-order valence-electron chi connectivity index (χ4n) is 3.11. The van der Waals surface area contributed by atoms with Gasteiger partial charge < -0.3 is 5.32 Å². The van der Waals surface area contributed by atoms with Crippen molar-refractivity contribution in [2.24, 2.45) is 0 Å². The van der Waals surface area contributed by atoms with E-state index in [1.807, 2.05) is 0 Å². The van der Waals surface area contributed by atoms with Crippen LogP contribution in [0.2, 0.25) is 5.02 Å². The summed E-state index contributed by atoms with van der Waals surface area (Å²) in [6, 6.07) is 6.38. The number of benzene rings is 1. The lowest BCUT2D eigenvalue weighted by Gasteiger charge is -2.37. The summed E-state index contributed by atoms with van der Waals surface area (Å²) < 4.78 is 0. The third kappa shape index (κ3) is 3.25. The number of rotatable bonds is 2. The van der Waals surface area contributed by atoms with Gasteiger partial charge in [0.15, 0.2) is 0 Å². The Kier molecular flexibility index (Phi) is 4.64. The Morgan fingerprint density at radius 1 is 1.00 bits per heavy atom. The van der Waals surface area contributed by atoms with Crippen molar-refractivity contribution in [2.75, 3.05) is 18.0 Å². The number of nitrogens with zero attached hydrogens (tertiary/aromatic N) is 2. The molecule has 0 aromatic heterocycles. The number of likely N-dealkylation sites (tertiary alicyclic amines) is 1. The number of hydrogen-bond donors (Lipinski definition) is 1. The molecule has 5 nitrogen and oxygen atoms in total. The summed E-state index contributed by atoms with van der Waals surface area (Å²) in [6.07, 6.45) is 4.84. The molecule has 0 bridgehead atoms. The Morgan fingerprint density at radius 3 is 2.23 bits per heavy atom. The molecule has 6 heteroatoms. The van der Waals surface area contributed by atoms with Crippen LogP contribution in [-0.4, -0.2) is 36.1 Å². The smallest absolute Gasteiger partial charge is 0.321 e. The zero-order valence-electron chi connectivity index (χ0n) is 12.4. The van der Waals surface area contributed by atoms with Gasteiger partial charge in [-0.1, -0.05) is 24.4 Å². The van der Waals surface area contributed by atoms with Crippen LogP contribution in [0.25, 0.3) is 0 Å². The van der Waals surface area contributed by atoms with Crippen molar-refractivity contribution in [3.05, 3.63) is 29.3 Å². The number of carbonyl (C=O) groups excluding carboxylic acids is 2. The van der Waals surface area contributed by atoms with Gasteiger partial charge in [-0.2, -0.15) is 0 Å². The quantitative estimate of drug-likeness (QED) is 0.911. The molecule has 1 aromatic rings. The number of nitrogens with one attached hydrogen (secondary N) is 1. The Hall–Kier alpha value is -1.59. The molecular weight excluding hydrogens is 302 g/mol. The third-order valence-electron chi connectivity index (χ3n) is 4.28. The van der Waals surface area contributed by atoms with Gasteiger partial charge in [0.1, 0.15) is 0 Å². The molecule has 2 heterocycles. The van der Waals surface area contributed by atoms with Gasteiger partial charge in [-0.05, 0) is 37.1 Å². The summed E-state index contributed by atoms with van der Waals surface area (Å²) in [5.41, 5.74) is 0.557. The third-order valence-corrected chi connectivity index (χ3v) is 4.53. The molecule has 1 aromatic carbocycles. The normalized spacial score (nSPS) is 24.0. The summed E-state index contributed by atoms with van der Waals surface area (Å²) in [5.74, 6) is -0.166. The van der Waals surface area contributed by atoms with E-state index in [1.165, 1.54) is 17.7 Å². The summed E-state index contributed by atoms with van der Waals surface area (Å²) in [7, 11) is 0. The van der Waals surface area contributed by atoms with Crippen LogP contribution in [0, 0.1) is 0 Å². The van der Waals surface area contributed by atoms with Crippen molar-refractivity contribution in [2.45, 2.75) is 38.3 Å². The van der Waals surface area contributed by atoms with Gasteiger partial charge in [-0.15, -0.1) is 0 Å². The molecule has 2 fully saturated rings. The van der Waals surface area contributed by atoms with E-state index < -0.39 is 0 Å². The number of imide groups is 1. The second-order valence-corrected chi connectivity index (χ2v) is 6.26. The van der Waals surface area contributed by atoms with E-state index in [9.17, 15) is 9.59 Å². The van der Waals surface area contributed by atoms with Gasteiger partial charge in [0.25, 0.3) is 0 Å². The molecular formula is C16H20ClN3O2. The van der Waals surface area contributed by atoms with Crippen LogP contribution in [0.1, 0.15) is 32.1 Å². The molecule has 2 saturated heterocycles. The van der Waals surface area contributed by atoms with Crippen molar-refractivity contribution in [3.63, 3.8) is 0 Å². The minimum atomic E-state index is -0.354. The fraction of sp³-hybridized carbons (Fsp3) is 0.500. The zero-order chi connectivity index (χ0) is 15.5. The number of carbonyl (C=O) groups is 2. The van der Waals surface area contributed by atoms with E-state index in [2.05, 4.69) is 10.2 Å². The second-order valence-electron chi connectivity index (χ2n) is 5.83. The largest absolute Gasteiger partial charge is 0.329 e. The number of anilines is 1. The maximum absolute atomic E-state index is 12.4. The van der Waals surface area contributed by atoms with Gasteiger partial charge in [0, 0.05) is 18.1 Å². The topological polar surface area (TPSA) is 52.7 Å². The average molecular weight is 322 g/mol. The first kappa shape index (κ1) is 15.3. The van der Waals surface area contributed by atoms with Crippen molar-refractivity contribution in [1.29, 1.82) is 0 Å². The first-order chi connectivity index (χ1) is 10.6. The fourth-order valence-corrected chi connectivity index (χ4v) is 3.23. The van der Waals surface area contributed by atoms with Gasteiger partial charge in [-0.3, -0.25) is 9.69 Å². The van der Waals surface area contributed by atoms with Crippen molar-refractivity contribution in [3.8, 4) is 0 Å². The maximum Gasteiger partial charge on any atom is 0.329 e. The van der Waals surface area contributed by atoms with Crippen molar-refractivity contribution >= 4 is 29.2 Å². The lowest BCUT2D eigenvalue weighted by Crippen LogP contribution is -2.60. The highest BCUT2D eigenvalue weighted by Gasteiger charge is 2.35. The van der Waals surface area contributed by atoms with E-state index >= 15 is 0 Å². The number of urea groups is 1.